The summed E-state index contributed by atoms with van der Waals surface area (Å²) < 4.78 is 18.5. The molecule has 1 heterocycles. The molecular weight excluding hydrogens is 309 g/mol. The zero-order valence-corrected chi connectivity index (χ0v) is 13.3. The molecule has 3 rings (SSSR count). The van der Waals surface area contributed by atoms with E-state index < -0.39 is 0 Å². The molecule has 0 radical (unpaired) electrons. The number of ether oxygens (including phenoxy) is 1. The highest BCUT2D eigenvalue weighted by molar-refractivity contribution is 5.78. The first-order valence-electron chi connectivity index (χ1n) is 7.89. The van der Waals surface area contributed by atoms with Crippen LogP contribution in [-0.4, -0.2) is 43.6 Å². The van der Waals surface area contributed by atoms with Gasteiger partial charge in [-0.3, -0.25) is 4.79 Å². The topological polar surface area (TPSA) is 58.8 Å². The fraction of sp³-hybridized carbons (Fsp3) is 0.278. The number of amides is 1. The number of hydrogen-bond acceptors (Lipinski definition) is 4. The lowest BCUT2D eigenvalue weighted by Gasteiger charge is -2.36. The van der Waals surface area contributed by atoms with Gasteiger partial charge in [-0.25, -0.2) is 4.39 Å². The van der Waals surface area contributed by atoms with Crippen molar-refractivity contribution in [3.8, 4) is 5.75 Å². The van der Waals surface area contributed by atoms with Crippen LogP contribution in [0.15, 0.2) is 48.5 Å². The number of nitrogens with zero attached hydrogens (tertiary/aromatic N) is 2. The average molecular weight is 329 g/mol. The van der Waals surface area contributed by atoms with Gasteiger partial charge in [0.05, 0.1) is 5.69 Å². The van der Waals surface area contributed by atoms with Gasteiger partial charge in [0, 0.05) is 31.9 Å². The number of rotatable bonds is 4. The van der Waals surface area contributed by atoms with Crippen molar-refractivity contribution in [3.63, 3.8) is 0 Å². The SMILES string of the molecule is Nc1ccccc1OCC(=O)N1CCN(c2ccc(F)cc2)CC1. The molecule has 0 atom stereocenters. The minimum Gasteiger partial charge on any atom is -0.482 e. The fourth-order valence-corrected chi connectivity index (χ4v) is 2.71. The molecule has 1 saturated heterocycles. The van der Waals surface area contributed by atoms with Crippen LogP contribution in [-0.2, 0) is 4.79 Å². The molecule has 1 aliphatic heterocycles. The minimum absolute atomic E-state index is 0.0231. The molecule has 1 amide bonds. The number of halogens is 1. The number of carbonyl (C=O) groups is 1. The Hall–Kier alpha value is -2.76. The summed E-state index contributed by atoms with van der Waals surface area (Å²) in [6, 6.07) is 13.5. The first kappa shape index (κ1) is 16.1. The van der Waals surface area contributed by atoms with Crippen molar-refractivity contribution in [2.24, 2.45) is 0 Å². The van der Waals surface area contributed by atoms with Gasteiger partial charge in [0.1, 0.15) is 11.6 Å². The Morgan fingerprint density at radius 1 is 1.04 bits per heavy atom. The number of hydrogen-bond donors (Lipinski definition) is 1. The van der Waals surface area contributed by atoms with Crippen molar-refractivity contribution in [3.05, 3.63) is 54.3 Å². The lowest BCUT2D eigenvalue weighted by atomic mass is 10.2. The van der Waals surface area contributed by atoms with Gasteiger partial charge in [-0.1, -0.05) is 12.1 Å². The Labute approximate surface area is 140 Å². The molecule has 2 aromatic rings. The number of nitrogens with two attached hydrogens (primary N) is 1. The van der Waals surface area contributed by atoms with E-state index in [0.717, 1.165) is 5.69 Å². The Balaban J connectivity index is 1.50. The minimum atomic E-state index is -0.245. The van der Waals surface area contributed by atoms with Gasteiger partial charge in [-0.15, -0.1) is 0 Å². The first-order chi connectivity index (χ1) is 11.6. The molecular formula is C18H20FN3O2. The van der Waals surface area contributed by atoms with Gasteiger partial charge < -0.3 is 20.3 Å². The highest BCUT2D eigenvalue weighted by Crippen LogP contribution is 2.20. The second-order valence-corrected chi connectivity index (χ2v) is 5.67. The maximum Gasteiger partial charge on any atom is 0.260 e. The molecule has 0 aromatic heterocycles. The molecule has 2 aromatic carbocycles. The molecule has 24 heavy (non-hydrogen) atoms. The molecule has 0 bridgehead atoms. The van der Waals surface area contributed by atoms with Crippen LogP contribution >= 0.6 is 0 Å². The van der Waals surface area contributed by atoms with Gasteiger partial charge in [-0.05, 0) is 36.4 Å². The predicted molar refractivity (Wildman–Crippen MR) is 91.5 cm³/mol. The Bertz CT molecular complexity index is 698. The summed E-state index contributed by atoms with van der Waals surface area (Å²) in [5.41, 5.74) is 7.28. The van der Waals surface area contributed by atoms with E-state index >= 15 is 0 Å². The van der Waals surface area contributed by atoms with Crippen molar-refractivity contribution in [2.75, 3.05) is 43.4 Å². The summed E-state index contributed by atoms with van der Waals surface area (Å²) in [5.74, 6) is 0.220. The molecule has 1 aliphatic rings. The molecule has 0 unspecified atom stereocenters. The molecule has 5 nitrogen and oxygen atoms in total. The highest BCUT2D eigenvalue weighted by atomic mass is 19.1. The van der Waals surface area contributed by atoms with E-state index in [4.69, 9.17) is 10.5 Å². The summed E-state index contributed by atoms with van der Waals surface area (Å²) in [6.45, 7) is 2.63. The van der Waals surface area contributed by atoms with E-state index in [2.05, 4.69) is 4.90 Å². The van der Waals surface area contributed by atoms with E-state index in [1.807, 2.05) is 12.1 Å². The van der Waals surface area contributed by atoms with E-state index in [1.165, 1.54) is 12.1 Å². The van der Waals surface area contributed by atoms with Crippen LogP contribution < -0.4 is 15.4 Å². The van der Waals surface area contributed by atoms with Crippen LogP contribution in [0.1, 0.15) is 0 Å². The Morgan fingerprint density at radius 2 is 1.71 bits per heavy atom. The van der Waals surface area contributed by atoms with Gasteiger partial charge in [0.2, 0.25) is 0 Å². The number of anilines is 2. The third kappa shape index (κ3) is 3.76. The molecule has 126 valence electrons. The normalized spacial score (nSPS) is 14.5. The number of carbonyl (C=O) groups excluding carboxylic acids is 1. The van der Waals surface area contributed by atoms with E-state index in [9.17, 15) is 9.18 Å². The van der Waals surface area contributed by atoms with Crippen molar-refractivity contribution in [1.29, 1.82) is 0 Å². The summed E-state index contributed by atoms with van der Waals surface area (Å²) >= 11 is 0. The van der Waals surface area contributed by atoms with Crippen LogP contribution in [0.3, 0.4) is 0 Å². The summed E-state index contributed by atoms with van der Waals surface area (Å²) in [4.78, 5) is 16.2. The number of piperazine rings is 1. The maximum atomic E-state index is 13.0. The smallest absolute Gasteiger partial charge is 0.260 e. The number of para-hydroxylation sites is 2. The molecule has 0 aliphatic carbocycles. The van der Waals surface area contributed by atoms with Crippen LogP contribution in [0.5, 0.6) is 5.75 Å². The van der Waals surface area contributed by atoms with Crippen molar-refractivity contribution < 1.29 is 13.9 Å². The third-order valence-electron chi connectivity index (χ3n) is 4.09. The van der Waals surface area contributed by atoms with Crippen molar-refractivity contribution in [1.82, 2.24) is 4.90 Å². The van der Waals surface area contributed by atoms with E-state index in [1.54, 1.807) is 29.2 Å². The molecule has 6 heteroatoms. The second kappa shape index (κ2) is 7.21. The van der Waals surface area contributed by atoms with Gasteiger partial charge in [-0.2, -0.15) is 0 Å². The van der Waals surface area contributed by atoms with Crippen LogP contribution in [0, 0.1) is 5.82 Å². The Kier molecular flexibility index (Phi) is 4.84. The molecule has 1 fully saturated rings. The van der Waals surface area contributed by atoms with E-state index in [-0.39, 0.29) is 18.3 Å². The maximum absolute atomic E-state index is 13.0. The third-order valence-corrected chi connectivity index (χ3v) is 4.09. The monoisotopic (exact) mass is 329 g/mol. The highest BCUT2D eigenvalue weighted by Gasteiger charge is 2.21. The summed E-state index contributed by atoms with van der Waals surface area (Å²) in [7, 11) is 0. The fourth-order valence-electron chi connectivity index (χ4n) is 2.71. The predicted octanol–water partition coefficient (Wildman–Crippen LogP) is 2.14. The summed E-state index contributed by atoms with van der Waals surface area (Å²) in [6.07, 6.45) is 0. The summed E-state index contributed by atoms with van der Waals surface area (Å²) in [5, 5.41) is 0. The Morgan fingerprint density at radius 3 is 2.38 bits per heavy atom. The first-order valence-corrected chi connectivity index (χ1v) is 7.89. The lowest BCUT2D eigenvalue weighted by molar-refractivity contribution is -0.133. The average Bonchev–Trinajstić information content (AvgIpc) is 2.62. The number of benzene rings is 2. The zero-order valence-electron chi connectivity index (χ0n) is 13.3. The van der Waals surface area contributed by atoms with Crippen molar-refractivity contribution in [2.45, 2.75) is 0 Å². The quantitative estimate of drug-likeness (QED) is 0.873. The van der Waals surface area contributed by atoms with Gasteiger partial charge in [0.15, 0.2) is 6.61 Å². The molecule has 2 N–H and O–H groups in total. The molecule has 0 saturated carbocycles. The van der Waals surface area contributed by atoms with Crippen LogP contribution in [0.4, 0.5) is 15.8 Å². The van der Waals surface area contributed by atoms with Crippen molar-refractivity contribution >= 4 is 17.3 Å². The largest absolute Gasteiger partial charge is 0.482 e. The van der Waals surface area contributed by atoms with Crippen LogP contribution in [0.25, 0.3) is 0 Å². The van der Waals surface area contributed by atoms with E-state index in [0.29, 0.717) is 37.6 Å². The molecule has 0 spiro atoms. The lowest BCUT2D eigenvalue weighted by Crippen LogP contribution is -2.50. The number of nitrogen functional groups attached to an aromatic ring is 1. The van der Waals surface area contributed by atoms with Crippen LogP contribution in [0.2, 0.25) is 0 Å². The standard InChI is InChI=1S/C18H20FN3O2/c19-14-5-7-15(8-6-14)21-9-11-22(12-10-21)18(23)13-24-17-4-2-1-3-16(17)20/h1-8H,9-13,20H2. The van der Waals surface area contributed by atoms with Gasteiger partial charge in [0.25, 0.3) is 5.91 Å². The van der Waals surface area contributed by atoms with Gasteiger partial charge >= 0.3 is 0 Å². The second-order valence-electron chi connectivity index (χ2n) is 5.67. The zero-order chi connectivity index (χ0) is 16.9.